The monoisotopic (exact) mass is 328 g/mol. The number of hydrogen-bond acceptors (Lipinski definition) is 4. The molecule has 2 rings (SSSR count). The van der Waals surface area contributed by atoms with Gasteiger partial charge < -0.3 is 14.7 Å². The Labute approximate surface area is 130 Å². The maximum absolute atomic E-state index is 12.3. The molecule has 1 aromatic carbocycles. The summed E-state index contributed by atoms with van der Waals surface area (Å²) in [5.41, 5.74) is 0.515. The first kappa shape index (κ1) is 17.0. The third-order valence-electron chi connectivity index (χ3n) is 3.29. The Kier molecular flexibility index (Phi) is 4.74. The van der Waals surface area contributed by atoms with Gasteiger partial charge in [0.1, 0.15) is 11.4 Å². The van der Waals surface area contributed by atoms with Gasteiger partial charge in [0.25, 0.3) is 5.91 Å². The zero-order valence-corrected chi connectivity index (χ0v) is 12.5. The van der Waals surface area contributed by atoms with Crippen LogP contribution < -0.4 is 4.74 Å². The molecule has 0 bridgehead atoms. The van der Waals surface area contributed by atoms with Crippen LogP contribution in [-0.4, -0.2) is 53.9 Å². The summed E-state index contributed by atoms with van der Waals surface area (Å²) in [5.74, 6) is -0.0742. The van der Waals surface area contributed by atoms with Crippen molar-refractivity contribution in [1.29, 1.82) is 0 Å². The molecule has 0 aliphatic carbocycles. The summed E-state index contributed by atoms with van der Waals surface area (Å²) in [6.45, 7) is -0.856. The van der Waals surface area contributed by atoms with Crippen LogP contribution in [0.15, 0.2) is 30.3 Å². The van der Waals surface area contributed by atoms with Gasteiger partial charge in [-0.05, 0) is 24.3 Å². The van der Waals surface area contributed by atoms with E-state index >= 15 is 0 Å². The van der Waals surface area contributed by atoms with Crippen LogP contribution in [0.25, 0.3) is 10.9 Å². The number of carbonyl (C=O) groups excluding carboxylic acids is 1. The molecule has 1 amide bonds. The van der Waals surface area contributed by atoms with Crippen LogP contribution in [-0.2, 0) is 0 Å². The van der Waals surface area contributed by atoms with Gasteiger partial charge in [-0.1, -0.05) is 6.07 Å². The Hall–Kier alpha value is -2.35. The molecular formula is C15H15F3N2O3. The fourth-order valence-electron chi connectivity index (χ4n) is 1.99. The zero-order valence-electron chi connectivity index (χ0n) is 12.5. The molecule has 8 heteroatoms. The standard InChI is InChI=1S/C15H15F3N2O3/c1-20(8-13(21)15(16,17)18)14(22)12-5-3-9-7-10(23-2)4-6-11(9)19-12/h3-7,13,21H,8H2,1-2H3. The summed E-state index contributed by atoms with van der Waals surface area (Å²) in [5, 5.41) is 9.76. The van der Waals surface area contributed by atoms with E-state index in [1.165, 1.54) is 20.2 Å². The van der Waals surface area contributed by atoms with Gasteiger partial charge >= 0.3 is 6.18 Å². The molecule has 0 spiro atoms. The van der Waals surface area contributed by atoms with E-state index in [2.05, 4.69) is 4.98 Å². The first-order valence-corrected chi connectivity index (χ1v) is 6.67. The number of hydrogen-bond donors (Lipinski definition) is 1. The van der Waals surface area contributed by atoms with Gasteiger partial charge in [-0.3, -0.25) is 4.79 Å². The maximum Gasteiger partial charge on any atom is 0.416 e. The number of likely N-dealkylation sites (N-methyl/N-ethyl adjacent to an activating group) is 1. The number of alkyl halides is 3. The summed E-state index contributed by atoms with van der Waals surface area (Å²) in [4.78, 5) is 17.1. The molecule has 5 nitrogen and oxygen atoms in total. The summed E-state index contributed by atoms with van der Waals surface area (Å²) < 4.78 is 42.1. The first-order chi connectivity index (χ1) is 10.7. The minimum Gasteiger partial charge on any atom is -0.497 e. The third kappa shape index (κ3) is 3.89. The van der Waals surface area contributed by atoms with Crippen molar-refractivity contribution in [2.24, 2.45) is 0 Å². The van der Waals surface area contributed by atoms with E-state index in [9.17, 15) is 18.0 Å². The molecule has 1 atom stereocenters. The molecule has 23 heavy (non-hydrogen) atoms. The van der Waals surface area contributed by atoms with Gasteiger partial charge in [-0.25, -0.2) is 4.98 Å². The highest BCUT2D eigenvalue weighted by molar-refractivity contribution is 5.95. The summed E-state index contributed by atoms with van der Waals surface area (Å²) in [6.07, 6.45) is -7.37. The maximum atomic E-state index is 12.3. The van der Waals surface area contributed by atoms with Crippen LogP contribution in [0.1, 0.15) is 10.5 Å². The Bertz CT molecular complexity index is 719. The molecule has 1 heterocycles. The van der Waals surface area contributed by atoms with Gasteiger partial charge in [0.15, 0.2) is 6.10 Å². The highest BCUT2D eigenvalue weighted by Gasteiger charge is 2.39. The molecule has 1 aromatic heterocycles. The molecule has 124 valence electrons. The largest absolute Gasteiger partial charge is 0.497 e. The third-order valence-corrected chi connectivity index (χ3v) is 3.29. The molecule has 1 N–H and O–H groups in total. The number of fused-ring (bicyclic) bond motifs is 1. The van der Waals surface area contributed by atoms with Crippen LogP contribution in [0, 0.1) is 0 Å². The number of aromatic nitrogens is 1. The molecule has 0 fully saturated rings. The Morgan fingerprint density at radius 1 is 1.35 bits per heavy atom. The van der Waals surface area contributed by atoms with Crippen molar-refractivity contribution in [3.63, 3.8) is 0 Å². The van der Waals surface area contributed by atoms with E-state index in [0.717, 1.165) is 10.3 Å². The average Bonchev–Trinajstić information content (AvgIpc) is 2.52. The predicted octanol–water partition coefficient (Wildman–Crippen LogP) is 2.24. The quantitative estimate of drug-likeness (QED) is 0.935. The van der Waals surface area contributed by atoms with Crippen LogP contribution in [0.3, 0.4) is 0 Å². The van der Waals surface area contributed by atoms with E-state index in [1.54, 1.807) is 24.3 Å². The number of halogens is 3. The number of rotatable bonds is 4. The second-order valence-electron chi connectivity index (χ2n) is 5.00. The minimum atomic E-state index is -4.78. The summed E-state index contributed by atoms with van der Waals surface area (Å²) in [7, 11) is 2.70. The summed E-state index contributed by atoms with van der Waals surface area (Å²) in [6, 6.07) is 8.09. The van der Waals surface area contributed by atoms with Crippen molar-refractivity contribution >= 4 is 16.8 Å². The number of amides is 1. The average molecular weight is 328 g/mol. The number of methoxy groups -OCH3 is 1. The molecule has 0 saturated carbocycles. The van der Waals surface area contributed by atoms with E-state index < -0.39 is 24.7 Å². The molecule has 0 radical (unpaired) electrons. The lowest BCUT2D eigenvalue weighted by atomic mass is 10.2. The van der Waals surface area contributed by atoms with Crippen LogP contribution >= 0.6 is 0 Å². The van der Waals surface area contributed by atoms with Crippen LogP contribution in [0.2, 0.25) is 0 Å². The SMILES string of the molecule is COc1ccc2nc(C(=O)N(C)CC(O)C(F)(F)F)ccc2c1. The molecular weight excluding hydrogens is 313 g/mol. The Morgan fingerprint density at radius 3 is 2.65 bits per heavy atom. The number of benzene rings is 1. The van der Waals surface area contributed by atoms with E-state index in [0.29, 0.717) is 11.3 Å². The molecule has 2 aromatic rings. The Balaban J connectivity index is 2.20. The summed E-state index contributed by atoms with van der Waals surface area (Å²) >= 11 is 0. The lowest BCUT2D eigenvalue weighted by Gasteiger charge is -2.22. The minimum absolute atomic E-state index is 0.000425. The smallest absolute Gasteiger partial charge is 0.416 e. The van der Waals surface area contributed by atoms with Gasteiger partial charge in [-0.15, -0.1) is 0 Å². The second-order valence-corrected chi connectivity index (χ2v) is 5.00. The lowest BCUT2D eigenvalue weighted by Crippen LogP contribution is -2.42. The van der Waals surface area contributed by atoms with Crippen molar-refractivity contribution in [1.82, 2.24) is 9.88 Å². The number of nitrogens with zero attached hydrogens (tertiary/aromatic N) is 2. The lowest BCUT2D eigenvalue weighted by molar-refractivity contribution is -0.205. The normalized spacial score (nSPS) is 13.0. The predicted molar refractivity (Wildman–Crippen MR) is 77.3 cm³/mol. The van der Waals surface area contributed by atoms with Crippen LogP contribution in [0.4, 0.5) is 13.2 Å². The Morgan fingerprint density at radius 2 is 2.04 bits per heavy atom. The number of aliphatic hydroxyl groups excluding tert-OH is 1. The van der Waals surface area contributed by atoms with Gasteiger partial charge in [-0.2, -0.15) is 13.2 Å². The van der Waals surface area contributed by atoms with Gasteiger partial charge in [0.2, 0.25) is 0 Å². The van der Waals surface area contributed by atoms with Gasteiger partial charge in [0, 0.05) is 12.4 Å². The second kappa shape index (κ2) is 6.41. The fraction of sp³-hybridized carbons (Fsp3) is 0.333. The number of pyridine rings is 1. The van der Waals surface area contributed by atoms with Crippen molar-refractivity contribution in [3.8, 4) is 5.75 Å². The van der Waals surface area contributed by atoms with E-state index in [4.69, 9.17) is 9.84 Å². The van der Waals surface area contributed by atoms with Crippen LogP contribution in [0.5, 0.6) is 5.75 Å². The number of ether oxygens (including phenoxy) is 1. The zero-order chi connectivity index (χ0) is 17.2. The van der Waals surface area contributed by atoms with Crippen molar-refractivity contribution in [3.05, 3.63) is 36.0 Å². The van der Waals surface area contributed by atoms with Crippen molar-refractivity contribution < 1.29 is 27.8 Å². The molecule has 0 aliphatic heterocycles. The van der Waals surface area contributed by atoms with Crippen molar-refractivity contribution in [2.75, 3.05) is 20.7 Å². The number of aliphatic hydroxyl groups is 1. The molecule has 0 saturated heterocycles. The first-order valence-electron chi connectivity index (χ1n) is 6.67. The molecule has 1 unspecified atom stereocenters. The van der Waals surface area contributed by atoms with E-state index in [1.807, 2.05) is 0 Å². The number of carbonyl (C=O) groups is 1. The highest BCUT2D eigenvalue weighted by atomic mass is 19.4. The van der Waals surface area contributed by atoms with Gasteiger partial charge in [0.05, 0.1) is 19.2 Å². The fourth-order valence-corrected chi connectivity index (χ4v) is 1.99. The topological polar surface area (TPSA) is 62.7 Å². The van der Waals surface area contributed by atoms with E-state index in [-0.39, 0.29) is 5.69 Å². The highest BCUT2D eigenvalue weighted by Crippen LogP contribution is 2.22. The molecule has 0 aliphatic rings. The van der Waals surface area contributed by atoms with Crippen molar-refractivity contribution in [2.45, 2.75) is 12.3 Å².